The van der Waals surface area contributed by atoms with E-state index in [1.807, 2.05) is 18.2 Å². The molecule has 1 saturated heterocycles. The van der Waals surface area contributed by atoms with Crippen molar-refractivity contribution in [1.29, 1.82) is 0 Å². The molecule has 4 rings (SSSR count). The Balaban J connectivity index is 1.76. The van der Waals surface area contributed by atoms with Gasteiger partial charge in [-0.15, -0.1) is 0 Å². The summed E-state index contributed by atoms with van der Waals surface area (Å²) in [6.45, 7) is 3.92. The molecule has 2 N–H and O–H groups in total. The number of nitrogens with one attached hydrogen (secondary N) is 2. The van der Waals surface area contributed by atoms with Crippen molar-refractivity contribution in [2.75, 3.05) is 43.3 Å². The molecule has 31 heavy (non-hydrogen) atoms. The second-order valence-electron chi connectivity index (χ2n) is 8.10. The number of amides is 2. The highest BCUT2D eigenvalue weighted by Gasteiger charge is 2.55. The van der Waals surface area contributed by atoms with Gasteiger partial charge >= 0.3 is 6.03 Å². The number of sulfone groups is 1. The average Bonchev–Trinajstić information content (AvgIpc) is 3.56. The van der Waals surface area contributed by atoms with Crippen molar-refractivity contribution >= 4 is 27.4 Å². The normalized spacial score (nSPS) is 20.2. The lowest BCUT2D eigenvalue weighted by molar-refractivity contribution is 0.0985. The van der Waals surface area contributed by atoms with E-state index < -0.39 is 14.6 Å². The van der Waals surface area contributed by atoms with E-state index in [9.17, 15) is 13.2 Å². The lowest BCUT2D eigenvalue weighted by atomic mass is 10.1. The lowest BCUT2D eigenvalue weighted by Crippen LogP contribution is -2.44. The summed E-state index contributed by atoms with van der Waals surface area (Å²) in [6.07, 6.45) is 2.41. The van der Waals surface area contributed by atoms with Gasteiger partial charge in [0.2, 0.25) is 0 Å². The molecule has 2 fully saturated rings. The van der Waals surface area contributed by atoms with Crippen LogP contribution in [0.3, 0.4) is 0 Å². The van der Waals surface area contributed by atoms with Gasteiger partial charge in [-0.05, 0) is 44.0 Å². The molecule has 2 aromatic rings. The second-order valence-corrected chi connectivity index (χ2v) is 10.4. The van der Waals surface area contributed by atoms with Crippen LogP contribution in [0, 0.1) is 0 Å². The number of anilines is 2. The Morgan fingerprint density at radius 1 is 1.23 bits per heavy atom. The van der Waals surface area contributed by atoms with Gasteiger partial charge in [-0.3, -0.25) is 0 Å². The van der Waals surface area contributed by atoms with Crippen LogP contribution in [-0.2, 0) is 19.3 Å². The molecule has 1 aromatic carbocycles. The molecular weight excluding hydrogens is 418 g/mol. The van der Waals surface area contributed by atoms with Crippen LogP contribution < -0.4 is 15.5 Å². The van der Waals surface area contributed by atoms with Crippen molar-refractivity contribution in [1.82, 2.24) is 15.3 Å². The topological polar surface area (TPSA) is 114 Å². The highest BCUT2D eigenvalue weighted by molar-refractivity contribution is 7.91. The van der Waals surface area contributed by atoms with Gasteiger partial charge in [-0.2, -0.15) is 0 Å². The summed E-state index contributed by atoms with van der Waals surface area (Å²) in [5.74, 6) is 1.17. The van der Waals surface area contributed by atoms with Crippen LogP contribution in [0.1, 0.15) is 25.5 Å². The molecule has 166 valence electrons. The molecule has 10 heteroatoms. The first-order chi connectivity index (χ1) is 14.7. The molecule has 1 aromatic heterocycles. The van der Waals surface area contributed by atoms with Gasteiger partial charge in [-0.1, -0.05) is 0 Å². The Hall–Kier alpha value is -2.72. The maximum absolute atomic E-state index is 12.6. The summed E-state index contributed by atoms with van der Waals surface area (Å²) in [5.41, 5.74) is 1.92. The van der Waals surface area contributed by atoms with Crippen LogP contribution in [0.2, 0.25) is 0 Å². The van der Waals surface area contributed by atoms with E-state index in [1.54, 1.807) is 19.2 Å². The lowest BCUT2D eigenvalue weighted by Gasteiger charge is -2.34. The molecule has 0 spiro atoms. The van der Waals surface area contributed by atoms with Gasteiger partial charge in [0.15, 0.2) is 15.7 Å². The Morgan fingerprint density at radius 2 is 1.94 bits per heavy atom. The smallest absolute Gasteiger partial charge is 0.318 e. The molecule has 9 nitrogen and oxygen atoms in total. The van der Waals surface area contributed by atoms with Crippen LogP contribution in [0.15, 0.2) is 30.3 Å². The Morgan fingerprint density at radius 3 is 2.52 bits per heavy atom. The number of urea groups is 1. The number of hydrogen-bond donors (Lipinski definition) is 2. The summed E-state index contributed by atoms with van der Waals surface area (Å²) in [5, 5.41) is 5.22. The SMILES string of the molecule is CNC(=O)Nc1ccc(-c2nc(N3CCOC[C@@H]3C)cc(C3(S(C)(=O)=O)CC3)n2)cc1. The van der Waals surface area contributed by atoms with Gasteiger partial charge in [0.1, 0.15) is 10.6 Å². The van der Waals surface area contributed by atoms with Gasteiger partial charge < -0.3 is 20.3 Å². The standard InChI is InChI=1S/C21H27N5O4S/c1-14-13-30-11-10-26(14)18-12-17(21(8-9-21)31(3,28)29)24-19(25-18)15-4-6-16(7-5-15)23-20(27)22-2/h4-7,12,14H,8-11,13H2,1-3H3,(H2,22,23,27)/t14-/m0/s1. The average molecular weight is 446 g/mol. The van der Waals surface area contributed by atoms with E-state index in [4.69, 9.17) is 9.72 Å². The minimum Gasteiger partial charge on any atom is -0.377 e. The Bertz CT molecular complexity index is 1080. The van der Waals surface area contributed by atoms with Crippen molar-refractivity contribution in [3.63, 3.8) is 0 Å². The summed E-state index contributed by atoms with van der Waals surface area (Å²) in [7, 11) is -1.77. The molecule has 1 aliphatic carbocycles. The zero-order chi connectivity index (χ0) is 22.2. The number of carbonyl (C=O) groups is 1. The predicted molar refractivity (Wildman–Crippen MR) is 119 cm³/mol. The van der Waals surface area contributed by atoms with Crippen molar-refractivity contribution < 1.29 is 17.9 Å². The van der Waals surface area contributed by atoms with Crippen molar-refractivity contribution in [3.8, 4) is 11.4 Å². The minimum absolute atomic E-state index is 0.122. The maximum atomic E-state index is 12.6. The molecule has 1 aliphatic heterocycles. The molecule has 2 heterocycles. The number of aromatic nitrogens is 2. The Kier molecular flexibility index (Phi) is 5.61. The highest BCUT2D eigenvalue weighted by Crippen LogP contribution is 2.52. The number of carbonyl (C=O) groups excluding carboxylic acids is 1. The van der Waals surface area contributed by atoms with Crippen LogP contribution >= 0.6 is 0 Å². The molecular formula is C21H27N5O4S. The Labute approximate surface area is 182 Å². The molecule has 2 aliphatic rings. The molecule has 2 amide bonds. The largest absolute Gasteiger partial charge is 0.377 e. The number of rotatable bonds is 5. The number of hydrogen-bond acceptors (Lipinski definition) is 7. The monoisotopic (exact) mass is 445 g/mol. The molecule has 1 atom stereocenters. The number of benzene rings is 1. The first-order valence-corrected chi connectivity index (χ1v) is 12.2. The minimum atomic E-state index is -3.32. The fraction of sp³-hybridized carbons (Fsp3) is 0.476. The second kappa shape index (κ2) is 8.08. The summed E-state index contributed by atoms with van der Waals surface area (Å²) >= 11 is 0. The van der Waals surface area contributed by atoms with Crippen molar-refractivity contribution in [3.05, 3.63) is 36.0 Å². The van der Waals surface area contributed by atoms with Crippen LogP contribution in [0.5, 0.6) is 0 Å². The quantitative estimate of drug-likeness (QED) is 0.725. The van der Waals surface area contributed by atoms with E-state index in [1.165, 1.54) is 6.26 Å². The zero-order valence-electron chi connectivity index (χ0n) is 17.9. The maximum Gasteiger partial charge on any atom is 0.318 e. The van der Waals surface area contributed by atoms with E-state index >= 15 is 0 Å². The first-order valence-electron chi connectivity index (χ1n) is 10.3. The molecule has 0 unspecified atom stereocenters. The van der Waals surface area contributed by atoms with Crippen LogP contribution in [0.4, 0.5) is 16.3 Å². The molecule has 0 radical (unpaired) electrons. The third-order valence-electron chi connectivity index (χ3n) is 5.88. The fourth-order valence-electron chi connectivity index (χ4n) is 3.84. The summed E-state index contributed by atoms with van der Waals surface area (Å²) in [4.78, 5) is 23.1. The molecule has 1 saturated carbocycles. The van der Waals surface area contributed by atoms with E-state index in [2.05, 4.69) is 27.4 Å². The van der Waals surface area contributed by atoms with E-state index in [-0.39, 0.29) is 12.1 Å². The van der Waals surface area contributed by atoms with Crippen molar-refractivity contribution in [2.24, 2.45) is 0 Å². The van der Waals surface area contributed by atoms with Crippen LogP contribution in [0.25, 0.3) is 11.4 Å². The predicted octanol–water partition coefficient (Wildman–Crippen LogP) is 2.15. The third kappa shape index (κ3) is 4.22. The van der Waals surface area contributed by atoms with E-state index in [0.717, 1.165) is 5.56 Å². The van der Waals surface area contributed by atoms with Crippen LogP contribution in [-0.4, -0.2) is 63.5 Å². The number of ether oxygens (including phenoxy) is 1. The van der Waals surface area contributed by atoms with Gasteiger partial charge in [0, 0.05) is 37.2 Å². The van der Waals surface area contributed by atoms with E-state index in [0.29, 0.717) is 55.6 Å². The fourth-order valence-corrected chi connectivity index (χ4v) is 5.17. The highest BCUT2D eigenvalue weighted by atomic mass is 32.2. The summed E-state index contributed by atoms with van der Waals surface area (Å²) < 4.78 is 29.7. The number of nitrogens with zero attached hydrogens (tertiary/aromatic N) is 3. The van der Waals surface area contributed by atoms with Crippen molar-refractivity contribution in [2.45, 2.75) is 30.6 Å². The zero-order valence-corrected chi connectivity index (χ0v) is 18.7. The third-order valence-corrected chi connectivity index (χ3v) is 7.92. The first kappa shape index (κ1) is 21.5. The van der Waals surface area contributed by atoms with Gasteiger partial charge in [0.25, 0.3) is 0 Å². The summed E-state index contributed by atoms with van der Waals surface area (Å²) in [6, 6.07) is 8.80. The van der Waals surface area contributed by atoms with Gasteiger partial charge in [-0.25, -0.2) is 23.2 Å². The van der Waals surface area contributed by atoms with Gasteiger partial charge in [0.05, 0.1) is 24.9 Å². The number of morpholine rings is 1. The molecule has 0 bridgehead atoms.